The number of carboxylic acids is 1. The molecule has 0 saturated carbocycles. The summed E-state index contributed by atoms with van der Waals surface area (Å²) in [7, 11) is 0. The Balaban J connectivity index is 2.86. The molecule has 72 valence electrons. The third-order valence-electron chi connectivity index (χ3n) is 2.05. The molecule has 1 heterocycles. The van der Waals surface area contributed by atoms with Crippen LogP contribution in [0, 0.1) is 6.92 Å². The van der Waals surface area contributed by atoms with Crippen LogP contribution in [0.15, 0.2) is 18.2 Å². The highest BCUT2D eigenvalue weighted by atomic mass is 35.5. The van der Waals surface area contributed by atoms with E-state index in [9.17, 15) is 4.79 Å². The Hall–Kier alpha value is -1.06. The zero-order chi connectivity index (χ0) is 10.3. The maximum absolute atomic E-state index is 10.8. The Morgan fingerprint density at radius 3 is 2.79 bits per heavy atom. The zero-order valence-electron chi connectivity index (χ0n) is 7.37. The maximum atomic E-state index is 10.8. The minimum Gasteiger partial charge on any atom is -0.477 e. The quantitative estimate of drug-likeness (QED) is 0.807. The van der Waals surface area contributed by atoms with Gasteiger partial charge in [0.15, 0.2) is 0 Å². The fraction of sp³-hybridized carbons (Fsp3) is 0.100. The van der Waals surface area contributed by atoms with E-state index in [1.165, 1.54) is 11.3 Å². The number of thiophene rings is 1. The van der Waals surface area contributed by atoms with Gasteiger partial charge in [0.2, 0.25) is 0 Å². The molecule has 1 aromatic heterocycles. The molecule has 14 heavy (non-hydrogen) atoms. The Morgan fingerprint density at radius 1 is 1.50 bits per heavy atom. The summed E-state index contributed by atoms with van der Waals surface area (Å²) in [4.78, 5) is 11.0. The van der Waals surface area contributed by atoms with E-state index in [1.807, 2.05) is 25.1 Å². The van der Waals surface area contributed by atoms with Crippen LogP contribution < -0.4 is 0 Å². The monoisotopic (exact) mass is 226 g/mol. The topological polar surface area (TPSA) is 37.3 Å². The number of fused-ring (bicyclic) bond motifs is 1. The molecule has 1 N–H and O–H groups in total. The van der Waals surface area contributed by atoms with Crippen molar-refractivity contribution in [1.82, 2.24) is 0 Å². The van der Waals surface area contributed by atoms with Gasteiger partial charge in [0.1, 0.15) is 4.88 Å². The second-order valence-electron chi connectivity index (χ2n) is 3.00. The molecule has 4 heteroatoms. The van der Waals surface area contributed by atoms with Crippen molar-refractivity contribution >= 4 is 39.0 Å². The summed E-state index contributed by atoms with van der Waals surface area (Å²) >= 11 is 7.18. The molecule has 0 fully saturated rings. The summed E-state index contributed by atoms with van der Waals surface area (Å²) < 4.78 is 0.954. The number of hydrogen-bond donors (Lipinski definition) is 1. The third-order valence-corrected chi connectivity index (χ3v) is 3.88. The highest BCUT2D eigenvalue weighted by molar-refractivity contribution is 7.21. The lowest BCUT2D eigenvalue weighted by atomic mass is 10.2. The Kier molecular flexibility index (Phi) is 2.21. The van der Waals surface area contributed by atoms with Crippen molar-refractivity contribution < 1.29 is 9.90 Å². The van der Waals surface area contributed by atoms with Gasteiger partial charge < -0.3 is 5.11 Å². The standard InChI is InChI=1S/C10H7ClO2S/c1-5-3-2-4-6-7(11)9(10(12)13)14-8(5)6/h2-4H,1H3,(H,12,13). The lowest BCUT2D eigenvalue weighted by molar-refractivity contribution is 0.0702. The van der Waals surface area contributed by atoms with E-state index >= 15 is 0 Å². The van der Waals surface area contributed by atoms with Gasteiger partial charge in [0.05, 0.1) is 5.02 Å². The fourth-order valence-electron chi connectivity index (χ4n) is 1.37. The van der Waals surface area contributed by atoms with E-state index in [1.54, 1.807) is 0 Å². The first-order valence-corrected chi connectivity index (χ1v) is 5.21. The Bertz CT molecular complexity index is 516. The van der Waals surface area contributed by atoms with Gasteiger partial charge in [-0.3, -0.25) is 0 Å². The Labute approximate surface area is 89.7 Å². The third kappa shape index (κ3) is 1.29. The molecule has 2 rings (SSSR count). The molecule has 0 aliphatic heterocycles. The van der Waals surface area contributed by atoms with E-state index in [0.717, 1.165) is 15.6 Å². The number of rotatable bonds is 1. The van der Waals surface area contributed by atoms with Crippen molar-refractivity contribution in [2.75, 3.05) is 0 Å². The Morgan fingerprint density at radius 2 is 2.21 bits per heavy atom. The first kappa shape index (κ1) is 9.49. The van der Waals surface area contributed by atoms with E-state index < -0.39 is 5.97 Å². The van der Waals surface area contributed by atoms with Gasteiger partial charge in [-0.25, -0.2) is 4.79 Å². The smallest absolute Gasteiger partial charge is 0.347 e. The summed E-state index contributed by atoms with van der Waals surface area (Å²) in [6.07, 6.45) is 0. The van der Waals surface area contributed by atoms with Crippen molar-refractivity contribution in [2.24, 2.45) is 0 Å². The SMILES string of the molecule is Cc1cccc2c(Cl)c(C(=O)O)sc12. The van der Waals surface area contributed by atoms with Gasteiger partial charge >= 0.3 is 5.97 Å². The zero-order valence-corrected chi connectivity index (χ0v) is 8.95. The number of benzene rings is 1. The summed E-state index contributed by atoms with van der Waals surface area (Å²) in [5, 5.41) is 10.1. The number of aromatic carboxylic acids is 1. The average molecular weight is 227 g/mol. The highest BCUT2D eigenvalue weighted by Gasteiger charge is 2.16. The summed E-state index contributed by atoms with van der Waals surface area (Å²) in [6, 6.07) is 5.66. The molecule has 0 aliphatic carbocycles. The van der Waals surface area contributed by atoms with Crippen LogP contribution in [0.4, 0.5) is 0 Å². The summed E-state index contributed by atoms with van der Waals surface area (Å²) in [6.45, 7) is 1.95. The van der Waals surface area contributed by atoms with E-state index in [2.05, 4.69) is 0 Å². The molecule has 0 spiro atoms. The molecular formula is C10H7ClO2S. The second-order valence-corrected chi connectivity index (χ2v) is 4.40. The number of aryl methyl sites for hydroxylation is 1. The van der Waals surface area contributed by atoms with E-state index in [0.29, 0.717) is 5.02 Å². The van der Waals surface area contributed by atoms with Crippen molar-refractivity contribution in [3.05, 3.63) is 33.7 Å². The van der Waals surface area contributed by atoms with Crippen LogP contribution >= 0.6 is 22.9 Å². The van der Waals surface area contributed by atoms with Gasteiger partial charge in [0, 0.05) is 10.1 Å². The number of halogens is 1. The van der Waals surface area contributed by atoms with Crippen LogP contribution in [0.2, 0.25) is 5.02 Å². The number of carbonyl (C=O) groups is 1. The van der Waals surface area contributed by atoms with Gasteiger partial charge in [-0.1, -0.05) is 29.8 Å². The molecule has 0 atom stereocenters. The minimum absolute atomic E-state index is 0.218. The van der Waals surface area contributed by atoms with Crippen LogP contribution in [0.25, 0.3) is 10.1 Å². The van der Waals surface area contributed by atoms with Crippen LogP contribution in [-0.2, 0) is 0 Å². The van der Waals surface area contributed by atoms with Gasteiger partial charge in [0.25, 0.3) is 0 Å². The minimum atomic E-state index is -0.962. The van der Waals surface area contributed by atoms with Crippen molar-refractivity contribution in [2.45, 2.75) is 6.92 Å². The maximum Gasteiger partial charge on any atom is 0.347 e. The fourth-order valence-corrected chi connectivity index (χ4v) is 2.78. The molecule has 0 saturated heterocycles. The molecule has 0 bridgehead atoms. The molecule has 2 nitrogen and oxygen atoms in total. The van der Waals surface area contributed by atoms with Crippen LogP contribution in [0.3, 0.4) is 0 Å². The lowest BCUT2D eigenvalue weighted by Gasteiger charge is -1.92. The molecule has 0 radical (unpaired) electrons. The van der Waals surface area contributed by atoms with Crippen molar-refractivity contribution in [1.29, 1.82) is 0 Å². The molecule has 1 aromatic carbocycles. The van der Waals surface area contributed by atoms with Gasteiger partial charge in [-0.2, -0.15) is 0 Å². The van der Waals surface area contributed by atoms with Gasteiger partial charge in [-0.15, -0.1) is 11.3 Å². The molecule has 0 unspecified atom stereocenters. The first-order chi connectivity index (χ1) is 6.61. The molecule has 0 amide bonds. The van der Waals surface area contributed by atoms with Crippen molar-refractivity contribution in [3.63, 3.8) is 0 Å². The van der Waals surface area contributed by atoms with Crippen LogP contribution in [0.1, 0.15) is 15.2 Å². The van der Waals surface area contributed by atoms with Gasteiger partial charge in [-0.05, 0) is 12.5 Å². The molecule has 0 aliphatic rings. The average Bonchev–Trinajstić information content (AvgIpc) is 2.46. The van der Waals surface area contributed by atoms with E-state index in [-0.39, 0.29) is 4.88 Å². The lowest BCUT2D eigenvalue weighted by Crippen LogP contribution is -1.91. The van der Waals surface area contributed by atoms with Crippen LogP contribution in [-0.4, -0.2) is 11.1 Å². The largest absolute Gasteiger partial charge is 0.477 e. The predicted octanol–water partition coefficient (Wildman–Crippen LogP) is 3.56. The number of carboxylic acid groups (broad SMARTS) is 1. The second kappa shape index (κ2) is 3.26. The number of hydrogen-bond acceptors (Lipinski definition) is 2. The molecule has 2 aromatic rings. The summed E-state index contributed by atoms with van der Waals surface area (Å²) in [5.74, 6) is -0.962. The summed E-state index contributed by atoms with van der Waals surface area (Å²) in [5.41, 5.74) is 1.06. The first-order valence-electron chi connectivity index (χ1n) is 4.02. The van der Waals surface area contributed by atoms with Crippen LogP contribution in [0.5, 0.6) is 0 Å². The normalized spacial score (nSPS) is 10.7. The molecular weight excluding hydrogens is 220 g/mol. The predicted molar refractivity (Wildman–Crippen MR) is 58.5 cm³/mol. The van der Waals surface area contributed by atoms with E-state index in [4.69, 9.17) is 16.7 Å². The highest BCUT2D eigenvalue weighted by Crippen LogP contribution is 2.36. The van der Waals surface area contributed by atoms with Crippen molar-refractivity contribution in [3.8, 4) is 0 Å².